The van der Waals surface area contributed by atoms with Gasteiger partial charge in [-0.2, -0.15) is 0 Å². The average Bonchev–Trinajstić information content (AvgIpc) is 2.98. The number of aromatic carboxylic acids is 1. The maximum atomic E-state index is 13.5. The Morgan fingerprint density at radius 2 is 1.90 bits per heavy atom. The van der Waals surface area contributed by atoms with E-state index in [0.717, 1.165) is 18.4 Å². The van der Waals surface area contributed by atoms with Crippen LogP contribution in [0.5, 0.6) is 0 Å². The van der Waals surface area contributed by atoms with E-state index in [1.54, 1.807) is 23.1 Å². The van der Waals surface area contributed by atoms with E-state index in [4.69, 9.17) is 11.6 Å². The van der Waals surface area contributed by atoms with E-state index < -0.39 is 17.4 Å². The van der Waals surface area contributed by atoms with Crippen LogP contribution in [0.3, 0.4) is 0 Å². The molecule has 2 atom stereocenters. The first kappa shape index (κ1) is 21.3. The molecule has 1 spiro atoms. The number of carbonyl (C=O) groups excluding carboxylic acids is 2. The summed E-state index contributed by atoms with van der Waals surface area (Å²) in [6.07, 6.45) is 2.67. The number of rotatable bonds is 3. The van der Waals surface area contributed by atoms with E-state index in [-0.39, 0.29) is 46.9 Å². The van der Waals surface area contributed by atoms with E-state index in [9.17, 15) is 23.9 Å². The number of halogens is 2. The Labute approximate surface area is 184 Å². The highest BCUT2D eigenvalue weighted by atomic mass is 35.5. The Hall–Kier alpha value is -2.93. The molecule has 0 bridgehead atoms. The van der Waals surface area contributed by atoms with Crippen LogP contribution in [0.1, 0.15) is 57.9 Å². The molecule has 0 saturated carbocycles. The minimum Gasteiger partial charge on any atom is -0.478 e. The van der Waals surface area contributed by atoms with Gasteiger partial charge in [-0.3, -0.25) is 9.59 Å². The van der Waals surface area contributed by atoms with E-state index in [0.29, 0.717) is 12.8 Å². The van der Waals surface area contributed by atoms with Gasteiger partial charge in [0.25, 0.3) is 5.91 Å². The number of nitrogens with zero attached hydrogens (tertiary/aromatic N) is 1. The predicted octanol–water partition coefficient (Wildman–Crippen LogP) is 3.85. The van der Waals surface area contributed by atoms with Gasteiger partial charge in [0.15, 0.2) is 0 Å². The second-order valence-corrected chi connectivity index (χ2v) is 8.58. The smallest absolute Gasteiger partial charge is 0.338 e. The summed E-state index contributed by atoms with van der Waals surface area (Å²) in [5.41, 5.74) is -0.0973. The maximum Gasteiger partial charge on any atom is 0.338 e. The lowest BCUT2D eigenvalue weighted by molar-refractivity contribution is -0.122. The van der Waals surface area contributed by atoms with Gasteiger partial charge >= 0.3 is 5.97 Å². The zero-order chi connectivity index (χ0) is 22.2. The minimum atomic E-state index is -1.28. The lowest BCUT2D eigenvalue weighted by Gasteiger charge is -2.34. The SMILES string of the molecule is O=C1CCCC[C@]2(CN(C(=O)c3cccc(Cl)c3C(=O)O)C[C@H]2c2ccc(F)cc2)N1. The van der Waals surface area contributed by atoms with Crippen LogP contribution in [0.25, 0.3) is 0 Å². The average molecular weight is 445 g/mol. The predicted molar refractivity (Wildman–Crippen MR) is 113 cm³/mol. The minimum absolute atomic E-state index is 0.00912. The molecule has 2 aromatic carbocycles. The number of benzene rings is 2. The molecular weight excluding hydrogens is 423 g/mol. The number of likely N-dealkylation sites (tertiary alicyclic amines) is 1. The van der Waals surface area contributed by atoms with Gasteiger partial charge in [0.2, 0.25) is 5.91 Å². The van der Waals surface area contributed by atoms with E-state index in [1.807, 2.05) is 0 Å². The standard InChI is InChI=1S/C23H22ClFN2O4/c24-18-5-3-4-16(20(18)22(30)31)21(29)27-12-17(14-7-9-15(25)10-8-14)23(13-27)11-2-1-6-19(28)26-23/h3-5,7-10,17H,1-2,6,11-13H2,(H,26,28)(H,30,31)/t17-,23+/m0/s1. The lowest BCUT2D eigenvalue weighted by atomic mass is 9.79. The van der Waals surface area contributed by atoms with Crippen molar-refractivity contribution < 1.29 is 23.9 Å². The van der Waals surface area contributed by atoms with Crippen molar-refractivity contribution in [2.75, 3.05) is 13.1 Å². The molecule has 0 aromatic heterocycles. The summed E-state index contributed by atoms with van der Waals surface area (Å²) < 4.78 is 13.5. The van der Waals surface area contributed by atoms with Crippen molar-refractivity contribution in [3.8, 4) is 0 Å². The fraction of sp³-hybridized carbons (Fsp3) is 0.348. The molecule has 2 aromatic rings. The fourth-order valence-corrected chi connectivity index (χ4v) is 5.04. The number of amides is 2. The number of hydrogen-bond donors (Lipinski definition) is 2. The number of carbonyl (C=O) groups is 3. The molecule has 2 heterocycles. The number of carboxylic acid groups (broad SMARTS) is 1. The number of nitrogens with one attached hydrogen (secondary N) is 1. The molecular formula is C23H22ClFN2O4. The van der Waals surface area contributed by atoms with Crippen molar-refractivity contribution in [3.05, 3.63) is 70.0 Å². The van der Waals surface area contributed by atoms with Gasteiger partial charge in [-0.1, -0.05) is 36.2 Å². The summed E-state index contributed by atoms with van der Waals surface area (Å²) in [4.78, 5) is 39.1. The van der Waals surface area contributed by atoms with Gasteiger partial charge in [-0.15, -0.1) is 0 Å². The summed E-state index contributed by atoms with van der Waals surface area (Å²) in [6, 6.07) is 10.5. The molecule has 6 nitrogen and oxygen atoms in total. The van der Waals surface area contributed by atoms with Crippen molar-refractivity contribution in [1.29, 1.82) is 0 Å². The second-order valence-electron chi connectivity index (χ2n) is 8.17. The van der Waals surface area contributed by atoms with Crippen LogP contribution in [0, 0.1) is 5.82 Å². The van der Waals surface area contributed by atoms with Crippen LogP contribution in [-0.2, 0) is 4.79 Å². The molecule has 31 heavy (non-hydrogen) atoms. The van der Waals surface area contributed by atoms with Crippen LogP contribution < -0.4 is 5.32 Å². The summed E-state index contributed by atoms with van der Waals surface area (Å²) in [5.74, 6) is -2.42. The third kappa shape index (κ3) is 4.02. The first-order valence-electron chi connectivity index (χ1n) is 10.2. The maximum absolute atomic E-state index is 13.5. The van der Waals surface area contributed by atoms with Gasteiger partial charge in [-0.05, 0) is 42.7 Å². The van der Waals surface area contributed by atoms with Gasteiger partial charge in [0.1, 0.15) is 5.82 Å². The second kappa shape index (κ2) is 8.30. The molecule has 0 unspecified atom stereocenters. The first-order chi connectivity index (χ1) is 14.8. The molecule has 2 aliphatic rings. The van der Waals surface area contributed by atoms with Crippen LogP contribution in [0.4, 0.5) is 4.39 Å². The highest BCUT2D eigenvalue weighted by Gasteiger charge is 2.50. The first-order valence-corrected chi connectivity index (χ1v) is 10.6. The largest absolute Gasteiger partial charge is 0.478 e. The number of carboxylic acids is 1. The van der Waals surface area contributed by atoms with Gasteiger partial charge in [0.05, 0.1) is 21.7 Å². The summed E-state index contributed by atoms with van der Waals surface area (Å²) in [7, 11) is 0. The molecule has 0 aliphatic carbocycles. The molecule has 162 valence electrons. The Bertz CT molecular complexity index is 1040. The van der Waals surface area contributed by atoms with Crippen LogP contribution in [0.15, 0.2) is 42.5 Å². The van der Waals surface area contributed by atoms with E-state index in [2.05, 4.69) is 5.32 Å². The van der Waals surface area contributed by atoms with Crippen LogP contribution >= 0.6 is 11.6 Å². The van der Waals surface area contributed by atoms with Gasteiger partial charge in [0, 0.05) is 25.4 Å². The quantitative estimate of drug-likeness (QED) is 0.753. The van der Waals surface area contributed by atoms with E-state index >= 15 is 0 Å². The molecule has 2 saturated heterocycles. The molecule has 8 heteroatoms. The zero-order valence-corrected chi connectivity index (χ0v) is 17.5. The Morgan fingerprint density at radius 1 is 1.16 bits per heavy atom. The van der Waals surface area contributed by atoms with Crippen molar-refractivity contribution in [3.63, 3.8) is 0 Å². The Kier molecular flexibility index (Phi) is 5.71. The monoisotopic (exact) mass is 444 g/mol. The highest BCUT2D eigenvalue weighted by Crippen LogP contribution is 2.41. The molecule has 2 N–H and O–H groups in total. The van der Waals surface area contributed by atoms with Gasteiger partial charge < -0.3 is 15.3 Å². The molecule has 0 radical (unpaired) electrons. The normalized spacial score (nSPS) is 23.5. The van der Waals surface area contributed by atoms with Crippen LogP contribution in [-0.4, -0.2) is 46.4 Å². The summed E-state index contributed by atoms with van der Waals surface area (Å²) in [5, 5.41) is 12.7. The molecule has 2 aliphatic heterocycles. The molecule has 2 amide bonds. The Balaban J connectivity index is 1.73. The third-order valence-electron chi connectivity index (χ3n) is 6.23. The van der Waals surface area contributed by atoms with Crippen molar-refractivity contribution in [2.24, 2.45) is 0 Å². The molecule has 4 rings (SSSR count). The zero-order valence-electron chi connectivity index (χ0n) is 16.7. The lowest BCUT2D eigenvalue weighted by Crippen LogP contribution is -2.52. The van der Waals surface area contributed by atoms with Gasteiger partial charge in [-0.25, -0.2) is 9.18 Å². The van der Waals surface area contributed by atoms with Crippen molar-refractivity contribution in [2.45, 2.75) is 37.1 Å². The Morgan fingerprint density at radius 3 is 2.61 bits per heavy atom. The number of hydrogen-bond acceptors (Lipinski definition) is 3. The summed E-state index contributed by atoms with van der Waals surface area (Å²) in [6.45, 7) is 0.515. The molecule has 2 fully saturated rings. The van der Waals surface area contributed by atoms with Crippen LogP contribution in [0.2, 0.25) is 5.02 Å². The topological polar surface area (TPSA) is 86.7 Å². The summed E-state index contributed by atoms with van der Waals surface area (Å²) >= 11 is 6.05. The highest BCUT2D eigenvalue weighted by molar-refractivity contribution is 6.34. The third-order valence-corrected chi connectivity index (χ3v) is 6.54. The van der Waals surface area contributed by atoms with E-state index in [1.165, 1.54) is 24.3 Å². The fourth-order valence-electron chi connectivity index (χ4n) is 4.78. The van der Waals surface area contributed by atoms with Crippen molar-refractivity contribution >= 4 is 29.4 Å². The van der Waals surface area contributed by atoms with Crippen molar-refractivity contribution in [1.82, 2.24) is 10.2 Å².